The summed E-state index contributed by atoms with van der Waals surface area (Å²) in [5.74, 6) is 0.902. The molecule has 0 saturated heterocycles. The number of hydrogen-bond acceptors (Lipinski definition) is 4. The Kier molecular flexibility index (Phi) is 6.19. The SMILES string of the molecule is Cc1noc(-c2ccc(CCl)cc2)c1NC(=O)OC(C)c1ccccc1Br. The lowest BCUT2D eigenvalue weighted by atomic mass is 10.1. The zero-order valence-electron chi connectivity index (χ0n) is 14.8. The highest BCUT2D eigenvalue weighted by Crippen LogP contribution is 2.32. The monoisotopic (exact) mass is 448 g/mol. The van der Waals surface area contributed by atoms with E-state index in [9.17, 15) is 4.79 Å². The normalized spacial score (nSPS) is 11.9. The summed E-state index contributed by atoms with van der Waals surface area (Å²) in [4.78, 5) is 12.4. The minimum Gasteiger partial charge on any atom is -0.441 e. The summed E-state index contributed by atoms with van der Waals surface area (Å²) in [5.41, 5.74) is 3.72. The maximum atomic E-state index is 12.4. The molecule has 0 spiro atoms. The number of hydrogen-bond donors (Lipinski definition) is 1. The van der Waals surface area contributed by atoms with Gasteiger partial charge < -0.3 is 9.26 Å². The van der Waals surface area contributed by atoms with E-state index >= 15 is 0 Å². The molecule has 0 bridgehead atoms. The van der Waals surface area contributed by atoms with Gasteiger partial charge in [0.25, 0.3) is 0 Å². The summed E-state index contributed by atoms with van der Waals surface area (Å²) >= 11 is 9.29. The summed E-state index contributed by atoms with van der Waals surface area (Å²) in [5, 5.41) is 6.71. The molecule has 1 amide bonds. The zero-order chi connectivity index (χ0) is 19.4. The fourth-order valence-corrected chi connectivity index (χ4v) is 3.40. The van der Waals surface area contributed by atoms with Crippen LogP contribution in [0.3, 0.4) is 0 Å². The van der Waals surface area contributed by atoms with E-state index in [1.54, 1.807) is 6.92 Å². The average Bonchev–Trinajstić information content (AvgIpc) is 3.02. The van der Waals surface area contributed by atoms with E-state index in [0.29, 0.717) is 23.0 Å². The Hall–Kier alpha value is -2.31. The number of aromatic nitrogens is 1. The lowest BCUT2D eigenvalue weighted by Gasteiger charge is -2.15. The predicted octanol–water partition coefficient (Wildman–Crippen LogP) is 6.46. The first-order valence-electron chi connectivity index (χ1n) is 8.33. The minimum absolute atomic E-state index is 0.424. The Morgan fingerprint density at radius 1 is 1.26 bits per heavy atom. The van der Waals surface area contributed by atoms with Crippen molar-refractivity contribution in [1.82, 2.24) is 5.16 Å². The van der Waals surface area contributed by atoms with Gasteiger partial charge in [-0.3, -0.25) is 5.32 Å². The number of rotatable bonds is 5. The van der Waals surface area contributed by atoms with Crippen molar-refractivity contribution in [1.29, 1.82) is 0 Å². The van der Waals surface area contributed by atoms with Gasteiger partial charge in [0.05, 0.1) is 0 Å². The highest BCUT2D eigenvalue weighted by molar-refractivity contribution is 9.10. The number of aryl methyl sites for hydroxylation is 1. The van der Waals surface area contributed by atoms with E-state index in [1.807, 2.05) is 55.5 Å². The van der Waals surface area contributed by atoms with Crippen molar-refractivity contribution >= 4 is 39.3 Å². The summed E-state index contributed by atoms with van der Waals surface area (Å²) < 4.78 is 11.8. The number of nitrogens with one attached hydrogen (secondary N) is 1. The molecule has 0 radical (unpaired) electrons. The van der Waals surface area contributed by atoms with Crippen LogP contribution in [0, 0.1) is 6.92 Å². The topological polar surface area (TPSA) is 64.4 Å². The minimum atomic E-state index is -0.580. The summed E-state index contributed by atoms with van der Waals surface area (Å²) in [7, 11) is 0. The average molecular weight is 450 g/mol. The molecule has 1 N–H and O–H groups in total. The molecule has 27 heavy (non-hydrogen) atoms. The van der Waals surface area contributed by atoms with Crippen LogP contribution in [0.25, 0.3) is 11.3 Å². The molecule has 1 atom stereocenters. The van der Waals surface area contributed by atoms with Crippen LogP contribution in [0.15, 0.2) is 57.5 Å². The second-order valence-electron chi connectivity index (χ2n) is 6.00. The molecule has 0 aliphatic heterocycles. The zero-order valence-corrected chi connectivity index (χ0v) is 17.2. The first kappa shape index (κ1) is 19.5. The number of alkyl halides is 1. The molecular formula is C20H18BrClN2O3. The van der Waals surface area contributed by atoms with Crippen molar-refractivity contribution in [3.63, 3.8) is 0 Å². The van der Waals surface area contributed by atoms with Gasteiger partial charge in [0, 0.05) is 21.5 Å². The molecule has 3 aromatic rings. The van der Waals surface area contributed by atoms with E-state index in [4.69, 9.17) is 20.9 Å². The van der Waals surface area contributed by atoms with E-state index in [1.165, 1.54) is 0 Å². The molecule has 7 heteroatoms. The van der Waals surface area contributed by atoms with E-state index in [0.717, 1.165) is 21.2 Å². The van der Waals surface area contributed by atoms with Crippen LogP contribution in [0.4, 0.5) is 10.5 Å². The molecule has 140 valence electrons. The lowest BCUT2D eigenvalue weighted by Crippen LogP contribution is -2.17. The summed E-state index contributed by atoms with van der Waals surface area (Å²) in [6, 6.07) is 15.1. The second kappa shape index (κ2) is 8.59. The van der Waals surface area contributed by atoms with Gasteiger partial charge in [0.15, 0.2) is 5.76 Å². The van der Waals surface area contributed by atoms with Gasteiger partial charge in [-0.05, 0) is 25.5 Å². The van der Waals surface area contributed by atoms with Crippen LogP contribution in [-0.2, 0) is 10.6 Å². The number of amides is 1. The van der Waals surface area contributed by atoms with Gasteiger partial charge in [0.2, 0.25) is 0 Å². The second-order valence-corrected chi connectivity index (χ2v) is 7.12. The van der Waals surface area contributed by atoms with Crippen LogP contribution in [-0.4, -0.2) is 11.2 Å². The van der Waals surface area contributed by atoms with Crippen molar-refractivity contribution in [3.8, 4) is 11.3 Å². The highest BCUT2D eigenvalue weighted by atomic mass is 79.9. The number of halogens is 2. The van der Waals surface area contributed by atoms with Crippen LogP contribution >= 0.6 is 27.5 Å². The van der Waals surface area contributed by atoms with E-state index in [-0.39, 0.29) is 0 Å². The molecule has 0 saturated carbocycles. The first-order chi connectivity index (χ1) is 13.0. The number of nitrogens with zero attached hydrogens (tertiary/aromatic N) is 1. The number of carbonyl (C=O) groups excluding carboxylic acids is 1. The Bertz CT molecular complexity index is 941. The molecule has 2 aromatic carbocycles. The van der Waals surface area contributed by atoms with Crippen LogP contribution in [0.5, 0.6) is 0 Å². The first-order valence-corrected chi connectivity index (χ1v) is 9.66. The molecular weight excluding hydrogens is 432 g/mol. The van der Waals surface area contributed by atoms with Crippen molar-refractivity contribution in [2.24, 2.45) is 0 Å². The van der Waals surface area contributed by atoms with Gasteiger partial charge in [0.1, 0.15) is 17.5 Å². The van der Waals surface area contributed by atoms with Crippen LogP contribution in [0.1, 0.15) is 29.8 Å². The van der Waals surface area contributed by atoms with Crippen LogP contribution in [0.2, 0.25) is 0 Å². The molecule has 1 unspecified atom stereocenters. The Balaban J connectivity index is 1.76. The van der Waals surface area contributed by atoms with Gasteiger partial charge in [-0.25, -0.2) is 4.79 Å². The highest BCUT2D eigenvalue weighted by Gasteiger charge is 2.20. The van der Waals surface area contributed by atoms with Crippen molar-refractivity contribution in [2.45, 2.75) is 25.8 Å². The Morgan fingerprint density at radius 3 is 2.63 bits per heavy atom. The summed E-state index contributed by atoms with van der Waals surface area (Å²) in [6.07, 6.45) is -1.00. The number of anilines is 1. The number of carbonyl (C=O) groups is 1. The number of ether oxygens (including phenoxy) is 1. The third kappa shape index (κ3) is 4.51. The quantitative estimate of drug-likeness (QED) is 0.454. The molecule has 5 nitrogen and oxygen atoms in total. The lowest BCUT2D eigenvalue weighted by molar-refractivity contribution is 0.121. The third-order valence-electron chi connectivity index (χ3n) is 4.09. The predicted molar refractivity (Wildman–Crippen MR) is 109 cm³/mol. The Morgan fingerprint density at radius 2 is 1.96 bits per heavy atom. The van der Waals surface area contributed by atoms with Crippen molar-refractivity contribution in [3.05, 3.63) is 69.8 Å². The maximum Gasteiger partial charge on any atom is 0.412 e. The molecule has 1 heterocycles. The molecule has 0 aliphatic carbocycles. The third-order valence-corrected chi connectivity index (χ3v) is 5.12. The van der Waals surface area contributed by atoms with Crippen molar-refractivity contribution in [2.75, 3.05) is 5.32 Å². The van der Waals surface area contributed by atoms with E-state index < -0.39 is 12.2 Å². The van der Waals surface area contributed by atoms with Gasteiger partial charge in [-0.1, -0.05) is 63.6 Å². The molecule has 0 aliphatic rings. The van der Waals surface area contributed by atoms with Crippen LogP contribution < -0.4 is 5.32 Å². The van der Waals surface area contributed by atoms with Gasteiger partial charge in [-0.15, -0.1) is 11.6 Å². The van der Waals surface area contributed by atoms with Gasteiger partial charge in [-0.2, -0.15) is 0 Å². The maximum absolute atomic E-state index is 12.4. The number of benzene rings is 2. The van der Waals surface area contributed by atoms with Crippen molar-refractivity contribution < 1.29 is 14.1 Å². The fourth-order valence-electron chi connectivity index (χ4n) is 2.62. The smallest absolute Gasteiger partial charge is 0.412 e. The molecule has 1 aromatic heterocycles. The standard InChI is InChI=1S/C20H18BrClN2O3/c1-12-18(19(27-24-12)15-9-7-14(11-22)8-10-15)23-20(25)26-13(2)16-5-3-4-6-17(16)21/h3-10,13H,11H2,1-2H3,(H,23,25). The fraction of sp³-hybridized carbons (Fsp3) is 0.200. The largest absolute Gasteiger partial charge is 0.441 e. The van der Waals surface area contributed by atoms with E-state index in [2.05, 4.69) is 26.4 Å². The Labute approximate surface area is 170 Å². The summed E-state index contributed by atoms with van der Waals surface area (Å²) in [6.45, 7) is 3.57. The molecule has 0 fully saturated rings. The van der Waals surface area contributed by atoms with Gasteiger partial charge >= 0.3 is 6.09 Å². The molecule has 3 rings (SSSR count).